The maximum atomic E-state index is 11.5. The molecule has 4 nitrogen and oxygen atoms in total. The Morgan fingerprint density at radius 3 is 3.06 bits per heavy atom. The number of aromatic nitrogens is 2. The van der Waals surface area contributed by atoms with Crippen molar-refractivity contribution >= 4 is 17.6 Å². The van der Waals surface area contributed by atoms with Crippen LogP contribution >= 0.6 is 11.6 Å². The van der Waals surface area contributed by atoms with E-state index in [1.807, 2.05) is 0 Å². The Morgan fingerprint density at radius 1 is 1.50 bits per heavy atom. The van der Waals surface area contributed by atoms with Gasteiger partial charge in [-0.3, -0.25) is 0 Å². The Bertz CT molecular complexity index is 482. The Hall–Kier alpha value is -1.81. The van der Waals surface area contributed by atoms with Gasteiger partial charge in [0, 0.05) is 17.4 Å². The quantitative estimate of drug-likeness (QED) is 0.606. The third kappa shape index (κ3) is 2.84. The summed E-state index contributed by atoms with van der Waals surface area (Å²) in [6, 6.07) is 6.71. The van der Waals surface area contributed by atoms with Crippen molar-refractivity contribution in [1.29, 1.82) is 0 Å². The fraction of sp³-hybridized carbons (Fsp3) is 0.0909. The minimum atomic E-state index is -0.361. The van der Waals surface area contributed by atoms with E-state index in [9.17, 15) is 4.79 Å². The summed E-state index contributed by atoms with van der Waals surface area (Å²) >= 11 is 5.76. The number of esters is 1. The zero-order valence-corrected chi connectivity index (χ0v) is 9.09. The van der Waals surface area contributed by atoms with Crippen molar-refractivity contribution in [1.82, 2.24) is 9.55 Å². The lowest BCUT2D eigenvalue weighted by atomic mass is 10.3. The molecule has 0 saturated heterocycles. The molecule has 0 saturated carbocycles. The molecule has 0 spiro atoms. The highest BCUT2D eigenvalue weighted by molar-refractivity contribution is 6.30. The molecule has 5 heteroatoms. The first-order valence-electron chi connectivity index (χ1n) is 4.66. The molecular weight excluding hydrogens is 228 g/mol. The summed E-state index contributed by atoms with van der Waals surface area (Å²) in [6.07, 6.45) is 4.85. The average Bonchev–Trinajstić information content (AvgIpc) is 2.70. The monoisotopic (exact) mass is 236 g/mol. The van der Waals surface area contributed by atoms with Gasteiger partial charge in [-0.1, -0.05) is 17.7 Å². The second kappa shape index (κ2) is 4.81. The number of rotatable bonds is 3. The van der Waals surface area contributed by atoms with Crippen LogP contribution in [0.1, 0.15) is 0 Å². The molecule has 2 aromatic rings. The number of benzene rings is 1. The smallest absolute Gasteiger partial charge is 0.331 e. The van der Waals surface area contributed by atoms with E-state index in [2.05, 4.69) is 4.98 Å². The Morgan fingerprint density at radius 2 is 2.38 bits per heavy atom. The number of ether oxygens (including phenoxy) is 1. The molecule has 0 N–H and O–H groups in total. The molecule has 2 rings (SSSR count). The lowest BCUT2D eigenvalue weighted by Crippen LogP contribution is -2.15. The van der Waals surface area contributed by atoms with Crippen molar-refractivity contribution in [3.05, 3.63) is 48.0 Å². The number of carbonyl (C=O) groups excluding carboxylic acids is 1. The fourth-order valence-electron chi connectivity index (χ4n) is 1.22. The Kier molecular flexibility index (Phi) is 3.22. The standard InChI is InChI=1S/C11H9ClN2O2/c12-9-2-1-3-10(6-9)16-11(15)7-14-5-4-13-8-14/h1-6,8H,7H2. The third-order valence-corrected chi connectivity index (χ3v) is 2.13. The average molecular weight is 237 g/mol. The second-order valence-electron chi connectivity index (χ2n) is 3.17. The van der Waals surface area contributed by atoms with Gasteiger partial charge in [0.15, 0.2) is 0 Å². The van der Waals surface area contributed by atoms with Crippen LogP contribution in [0.2, 0.25) is 5.02 Å². The van der Waals surface area contributed by atoms with E-state index < -0.39 is 0 Å². The van der Waals surface area contributed by atoms with E-state index in [0.717, 1.165) is 0 Å². The molecule has 1 aromatic heterocycles. The molecule has 0 radical (unpaired) electrons. The summed E-state index contributed by atoms with van der Waals surface area (Å²) in [7, 11) is 0. The first kappa shape index (κ1) is 10.7. The molecule has 1 aromatic carbocycles. The largest absolute Gasteiger partial charge is 0.425 e. The zero-order valence-electron chi connectivity index (χ0n) is 8.34. The topological polar surface area (TPSA) is 44.1 Å². The molecule has 0 fully saturated rings. The molecule has 0 aliphatic carbocycles. The SMILES string of the molecule is O=C(Cn1ccnc1)Oc1cccc(Cl)c1. The van der Waals surface area contributed by atoms with Crippen LogP contribution in [0.3, 0.4) is 0 Å². The van der Waals surface area contributed by atoms with E-state index in [4.69, 9.17) is 16.3 Å². The fourth-order valence-corrected chi connectivity index (χ4v) is 1.40. The lowest BCUT2D eigenvalue weighted by molar-refractivity contribution is -0.135. The van der Waals surface area contributed by atoms with Crippen molar-refractivity contribution in [3.8, 4) is 5.75 Å². The van der Waals surface area contributed by atoms with Gasteiger partial charge in [-0.15, -0.1) is 0 Å². The van der Waals surface area contributed by atoms with Crippen LogP contribution in [0.5, 0.6) is 5.75 Å². The summed E-state index contributed by atoms with van der Waals surface area (Å²) in [6.45, 7) is 0.131. The van der Waals surface area contributed by atoms with Gasteiger partial charge in [0.25, 0.3) is 0 Å². The highest BCUT2D eigenvalue weighted by atomic mass is 35.5. The van der Waals surface area contributed by atoms with Crippen molar-refractivity contribution < 1.29 is 9.53 Å². The van der Waals surface area contributed by atoms with Crippen LogP contribution in [0.4, 0.5) is 0 Å². The number of halogens is 1. The van der Waals surface area contributed by atoms with Crippen LogP contribution in [0.15, 0.2) is 43.0 Å². The summed E-state index contributed by atoms with van der Waals surface area (Å²) in [4.78, 5) is 15.3. The molecule has 1 heterocycles. The molecule has 0 atom stereocenters. The molecular formula is C11H9ClN2O2. The van der Waals surface area contributed by atoms with Crippen LogP contribution in [0.25, 0.3) is 0 Å². The van der Waals surface area contributed by atoms with E-state index >= 15 is 0 Å². The van der Waals surface area contributed by atoms with Gasteiger partial charge in [-0.25, -0.2) is 9.78 Å². The number of nitrogens with zero attached hydrogens (tertiary/aromatic N) is 2. The molecule has 0 aliphatic heterocycles. The normalized spacial score (nSPS) is 10.1. The Balaban J connectivity index is 1.97. The van der Waals surface area contributed by atoms with E-state index in [0.29, 0.717) is 10.8 Å². The molecule has 0 bridgehead atoms. The van der Waals surface area contributed by atoms with Gasteiger partial charge in [0.05, 0.1) is 6.33 Å². The number of carbonyl (C=O) groups is 1. The van der Waals surface area contributed by atoms with Gasteiger partial charge >= 0.3 is 5.97 Å². The van der Waals surface area contributed by atoms with Crippen LogP contribution in [-0.2, 0) is 11.3 Å². The number of imidazole rings is 1. The van der Waals surface area contributed by atoms with Crippen molar-refractivity contribution in [2.45, 2.75) is 6.54 Å². The number of hydrogen-bond acceptors (Lipinski definition) is 3. The highest BCUT2D eigenvalue weighted by Gasteiger charge is 2.05. The molecule has 82 valence electrons. The van der Waals surface area contributed by atoms with E-state index in [1.165, 1.54) is 0 Å². The molecule has 16 heavy (non-hydrogen) atoms. The van der Waals surface area contributed by atoms with E-state index in [-0.39, 0.29) is 12.5 Å². The van der Waals surface area contributed by atoms with Crippen molar-refractivity contribution in [3.63, 3.8) is 0 Å². The minimum Gasteiger partial charge on any atom is -0.425 e. The first-order chi connectivity index (χ1) is 7.74. The van der Waals surface area contributed by atoms with Crippen LogP contribution < -0.4 is 4.74 Å². The van der Waals surface area contributed by atoms with Gasteiger partial charge in [0.2, 0.25) is 0 Å². The van der Waals surface area contributed by atoms with Crippen LogP contribution in [-0.4, -0.2) is 15.5 Å². The van der Waals surface area contributed by atoms with Crippen molar-refractivity contribution in [2.75, 3.05) is 0 Å². The summed E-state index contributed by atoms with van der Waals surface area (Å²) < 4.78 is 6.73. The second-order valence-corrected chi connectivity index (χ2v) is 3.60. The van der Waals surface area contributed by atoms with Crippen LogP contribution in [0, 0.1) is 0 Å². The lowest BCUT2D eigenvalue weighted by Gasteiger charge is -2.04. The molecule has 0 amide bonds. The summed E-state index contributed by atoms with van der Waals surface area (Å²) in [5, 5.41) is 0.535. The molecule has 0 aliphatic rings. The minimum absolute atomic E-state index is 0.131. The zero-order chi connectivity index (χ0) is 11.4. The summed E-state index contributed by atoms with van der Waals surface area (Å²) in [5.74, 6) is 0.0814. The van der Waals surface area contributed by atoms with E-state index in [1.54, 1.807) is 47.6 Å². The maximum absolute atomic E-state index is 11.5. The predicted molar refractivity (Wildman–Crippen MR) is 59.3 cm³/mol. The summed E-state index contributed by atoms with van der Waals surface area (Å²) in [5.41, 5.74) is 0. The van der Waals surface area contributed by atoms with Gasteiger partial charge < -0.3 is 9.30 Å². The van der Waals surface area contributed by atoms with Gasteiger partial charge in [0.1, 0.15) is 12.3 Å². The first-order valence-corrected chi connectivity index (χ1v) is 5.04. The predicted octanol–water partition coefficient (Wildman–Crippen LogP) is 2.14. The highest BCUT2D eigenvalue weighted by Crippen LogP contribution is 2.17. The van der Waals surface area contributed by atoms with Gasteiger partial charge in [-0.05, 0) is 18.2 Å². The van der Waals surface area contributed by atoms with Crippen molar-refractivity contribution in [2.24, 2.45) is 0 Å². The Labute approximate surface area is 97.4 Å². The third-order valence-electron chi connectivity index (χ3n) is 1.90. The number of hydrogen-bond donors (Lipinski definition) is 0. The molecule has 0 unspecified atom stereocenters. The van der Waals surface area contributed by atoms with Gasteiger partial charge in [-0.2, -0.15) is 0 Å². The maximum Gasteiger partial charge on any atom is 0.331 e.